The van der Waals surface area contributed by atoms with E-state index in [-0.39, 0.29) is 12.3 Å². The Morgan fingerprint density at radius 1 is 0.524 bits per heavy atom. The number of hydrogen-bond acceptors (Lipinski definition) is 4. The minimum absolute atomic E-state index is 0.106. The average Bonchev–Trinajstić information content (AvgIpc) is 3.88. The lowest BCUT2D eigenvalue weighted by Gasteiger charge is -2.45. The SMILES string of the molecule is C1=CCC2Oc3c(-c4ccccc4C4=CC(c5ccc(-c6cccc7c6oc6ccccc67)cc5)=NC(c5ccccc5)N4)cccc3C3(C2=C1)c1ccccc1-c1ccccc13. The first-order valence-electron chi connectivity index (χ1n) is 21.8. The van der Waals surface area contributed by atoms with E-state index in [0.29, 0.717) is 0 Å². The Bertz CT molecular complexity index is 3390. The number of benzene rings is 8. The van der Waals surface area contributed by atoms with E-state index in [1.165, 1.54) is 33.4 Å². The van der Waals surface area contributed by atoms with Crippen LogP contribution in [0.4, 0.5) is 0 Å². The maximum atomic E-state index is 7.26. The summed E-state index contributed by atoms with van der Waals surface area (Å²) in [5.41, 5.74) is 18.5. The number of fused-ring (bicyclic) bond motifs is 12. The van der Waals surface area contributed by atoms with Crippen LogP contribution in [0.15, 0.2) is 227 Å². The molecule has 4 nitrogen and oxygen atoms in total. The molecule has 9 aromatic rings. The van der Waals surface area contributed by atoms with Gasteiger partial charge < -0.3 is 14.5 Å². The van der Waals surface area contributed by atoms with Crippen LogP contribution in [0.1, 0.15) is 46.0 Å². The molecule has 13 rings (SSSR count). The number of furan rings is 1. The average molecular weight is 809 g/mol. The summed E-state index contributed by atoms with van der Waals surface area (Å²) in [4.78, 5) is 5.36. The highest BCUT2D eigenvalue weighted by Crippen LogP contribution is 2.62. The topological polar surface area (TPSA) is 46.8 Å². The molecule has 4 aliphatic rings. The molecule has 0 fully saturated rings. The van der Waals surface area contributed by atoms with E-state index in [4.69, 9.17) is 14.1 Å². The summed E-state index contributed by atoms with van der Waals surface area (Å²) in [5.74, 6) is 0.939. The monoisotopic (exact) mass is 808 g/mol. The second kappa shape index (κ2) is 14.1. The summed E-state index contributed by atoms with van der Waals surface area (Å²) >= 11 is 0. The fraction of sp³-hybridized carbons (Fsp3) is 0.0678. The van der Waals surface area contributed by atoms with Crippen LogP contribution < -0.4 is 10.1 Å². The summed E-state index contributed by atoms with van der Waals surface area (Å²) in [5, 5.41) is 6.12. The van der Waals surface area contributed by atoms with Crippen molar-refractivity contribution in [2.75, 3.05) is 0 Å². The first-order chi connectivity index (χ1) is 31.2. The van der Waals surface area contributed by atoms with Gasteiger partial charge in [-0.15, -0.1) is 0 Å². The molecule has 0 amide bonds. The quantitative estimate of drug-likeness (QED) is 0.188. The Morgan fingerprint density at radius 3 is 1.95 bits per heavy atom. The number of aliphatic imine (C=N–C) groups is 1. The van der Waals surface area contributed by atoms with Crippen LogP contribution >= 0.6 is 0 Å². The predicted molar refractivity (Wildman–Crippen MR) is 256 cm³/mol. The third-order valence-corrected chi connectivity index (χ3v) is 13.5. The summed E-state index contributed by atoms with van der Waals surface area (Å²) in [6.45, 7) is 0. The molecular weight excluding hydrogens is 769 g/mol. The van der Waals surface area contributed by atoms with Crippen molar-refractivity contribution in [2.24, 2.45) is 4.99 Å². The van der Waals surface area contributed by atoms with Gasteiger partial charge in [0.1, 0.15) is 29.2 Å². The van der Waals surface area contributed by atoms with Crippen molar-refractivity contribution in [3.05, 3.63) is 251 Å². The molecule has 1 aromatic heterocycles. The fourth-order valence-electron chi connectivity index (χ4n) is 10.8. The molecule has 0 radical (unpaired) electrons. The number of rotatable bonds is 5. The van der Waals surface area contributed by atoms with Crippen LogP contribution in [0, 0.1) is 0 Å². The molecule has 63 heavy (non-hydrogen) atoms. The van der Waals surface area contributed by atoms with Gasteiger partial charge in [-0.3, -0.25) is 4.99 Å². The van der Waals surface area contributed by atoms with Gasteiger partial charge in [0.05, 0.1) is 11.1 Å². The molecule has 1 spiro atoms. The molecule has 2 aliphatic carbocycles. The second-order valence-electron chi connectivity index (χ2n) is 16.8. The van der Waals surface area contributed by atoms with Gasteiger partial charge in [0.15, 0.2) is 0 Å². The summed E-state index contributed by atoms with van der Waals surface area (Å²) in [7, 11) is 0. The number of nitrogens with one attached hydrogen (secondary N) is 1. The molecule has 298 valence electrons. The number of nitrogens with zero attached hydrogens (tertiary/aromatic N) is 1. The van der Waals surface area contributed by atoms with E-state index in [2.05, 4.69) is 206 Å². The first-order valence-corrected chi connectivity index (χ1v) is 21.8. The summed E-state index contributed by atoms with van der Waals surface area (Å²) in [6.07, 6.45) is 9.38. The van der Waals surface area contributed by atoms with Crippen molar-refractivity contribution in [1.82, 2.24) is 5.32 Å². The lowest BCUT2D eigenvalue weighted by Crippen LogP contribution is -2.42. The van der Waals surface area contributed by atoms with Crippen LogP contribution in [-0.4, -0.2) is 11.8 Å². The highest BCUT2D eigenvalue weighted by atomic mass is 16.5. The van der Waals surface area contributed by atoms with Crippen molar-refractivity contribution in [1.29, 1.82) is 0 Å². The lowest BCUT2D eigenvalue weighted by atomic mass is 9.62. The van der Waals surface area contributed by atoms with Crippen molar-refractivity contribution in [3.63, 3.8) is 0 Å². The second-order valence-corrected chi connectivity index (χ2v) is 16.8. The third-order valence-electron chi connectivity index (χ3n) is 13.5. The van der Waals surface area contributed by atoms with E-state index in [0.717, 1.165) is 84.5 Å². The minimum Gasteiger partial charge on any atom is -0.485 e. The Balaban J connectivity index is 0.951. The highest BCUT2D eigenvalue weighted by molar-refractivity contribution is 6.14. The van der Waals surface area contributed by atoms with Crippen LogP contribution in [0.2, 0.25) is 0 Å². The maximum absolute atomic E-state index is 7.26. The van der Waals surface area contributed by atoms with Gasteiger partial charge in [-0.25, -0.2) is 0 Å². The van der Waals surface area contributed by atoms with Gasteiger partial charge in [0.25, 0.3) is 0 Å². The first kappa shape index (κ1) is 35.8. The molecule has 2 atom stereocenters. The number of allylic oxidation sites excluding steroid dienone is 3. The van der Waals surface area contributed by atoms with Crippen molar-refractivity contribution >= 4 is 33.3 Å². The molecule has 0 saturated carbocycles. The lowest BCUT2D eigenvalue weighted by molar-refractivity contribution is 0.206. The molecule has 4 heteroatoms. The van der Waals surface area contributed by atoms with Gasteiger partial charge in [-0.1, -0.05) is 200 Å². The van der Waals surface area contributed by atoms with E-state index >= 15 is 0 Å². The van der Waals surface area contributed by atoms with Crippen LogP contribution in [0.25, 0.3) is 61.0 Å². The van der Waals surface area contributed by atoms with Gasteiger partial charge >= 0.3 is 0 Å². The van der Waals surface area contributed by atoms with Gasteiger partial charge in [-0.2, -0.15) is 0 Å². The summed E-state index contributed by atoms with van der Waals surface area (Å²) < 4.78 is 13.7. The van der Waals surface area contributed by atoms with E-state index < -0.39 is 5.41 Å². The summed E-state index contributed by atoms with van der Waals surface area (Å²) in [6, 6.07) is 67.3. The largest absolute Gasteiger partial charge is 0.485 e. The molecular formula is C59H40N2O2. The van der Waals surface area contributed by atoms with Gasteiger partial charge in [0.2, 0.25) is 0 Å². The zero-order valence-corrected chi connectivity index (χ0v) is 34.3. The Labute approximate surface area is 365 Å². The van der Waals surface area contributed by atoms with Crippen LogP contribution in [-0.2, 0) is 5.41 Å². The Morgan fingerprint density at radius 2 is 1.14 bits per heavy atom. The van der Waals surface area contributed by atoms with Crippen LogP contribution in [0.5, 0.6) is 5.75 Å². The molecule has 1 N–H and O–H groups in total. The zero-order chi connectivity index (χ0) is 41.5. The fourth-order valence-corrected chi connectivity index (χ4v) is 10.8. The molecule has 0 bridgehead atoms. The van der Waals surface area contributed by atoms with Gasteiger partial charge in [-0.05, 0) is 62.2 Å². The third kappa shape index (κ3) is 5.38. The normalized spacial score (nSPS) is 17.7. The van der Waals surface area contributed by atoms with Gasteiger partial charge in [0, 0.05) is 45.1 Å². The number of ether oxygens (including phenoxy) is 1. The van der Waals surface area contributed by atoms with E-state index in [9.17, 15) is 0 Å². The molecule has 0 saturated heterocycles. The molecule has 2 aliphatic heterocycles. The zero-order valence-electron chi connectivity index (χ0n) is 34.3. The van der Waals surface area contributed by atoms with Crippen LogP contribution in [0.3, 0.4) is 0 Å². The minimum atomic E-state index is -0.482. The molecule has 8 aromatic carbocycles. The molecule has 3 heterocycles. The molecule has 2 unspecified atom stereocenters. The van der Waals surface area contributed by atoms with Crippen molar-refractivity contribution < 1.29 is 9.15 Å². The van der Waals surface area contributed by atoms with Crippen molar-refractivity contribution in [2.45, 2.75) is 24.1 Å². The van der Waals surface area contributed by atoms with E-state index in [1.54, 1.807) is 0 Å². The maximum Gasteiger partial charge on any atom is 0.145 e. The van der Waals surface area contributed by atoms with Crippen molar-refractivity contribution in [3.8, 4) is 39.1 Å². The number of para-hydroxylation sites is 3. The highest BCUT2D eigenvalue weighted by Gasteiger charge is 2.54. The standard InChI is InChI=1S/C59H40N2O2/c1-2-16-39(17-3-1)58-60-52(38-34-32-37(33-35-38)40-23-14-24-47-45-22-8-12-30-54(45)62-56(40)47)36-53(61-58)44-21-5-4-18-41(44)46-25-15-29-51-57(46)63-55-31-13-11-28-50(55)59(51)48-26-9-6-19-42(48)43-20-7-10-27-49(43)59/h1-30,32-36,55,58,61H,31H2. The Kier molecular flexibility index (Phi) is 7.98. The number of hydrogen-bond donors (Lipinski definition) is 1. The Hall–Kier alpha value is -7.95. The van der Waals surface area contributed by atoms with E-state index in [1.807, 2.05) is 12.1 Å². The smallest absolute Gasteiger partial charge is 0.145 e. The predicted octanol–water partition coefficient (Wildman–Crippen LogP) is 14.0.